The van der Waals surface area contributed by atoms with Crippen LogP contribution in [0.4, 0.5) is 0 Å². The lowest BCUT2D eigenvalue weighted by molar-refractivity contribution is 0.104. The summed E-state index contributed by atoms with van der Waals surface area (Å²) in [6.07, 6.45) is 26.5. The summed E-state index contributed by atoms with van der Waals surface area (Å²) in [6.45, 7) is 10.9. The summed E-state index contributed by atoms with van der Waals surface area (Å²) < 4.78 is 19.3. The van der Waals surface area contributed by atoms with Crippen molar-refractivity contribution in [1.82, 2.24) is 0 Å². The van der Waals surface area contributed by atoms with Crippen LogP contribution in [0.5, 0.6) is 17.2 Å². The summed E-state index contributed by atoms with van der Waals surface area (Å²) in [5.74, 6) is 3.21. The molecule has 0 N–H and O–H groups in total. The Morgan fingerprint density at radius 2 is 1.02 bits per heavy atom. The van der Waals surface area contributed by atoms with Crippen LogP contribution in [-0.2, 0) is 0 Å². The standard InChI is InChI=1S/C42H66O4S/c1-5-9-12-15-18-21-30-44-40-34-36(24-29-39(43)37-25-27-38(28-26-37)47-33-8-4)35-41(45-31-22-19-16-13-10-6-2)42(40)46-32-23-20-17-14-11-7-3/h24-29,34-35H,5-23,30-33H2,1-4H3/b29-24+. The van der Waals surface area contributed by atoms with Gasteiger partial charge in [-0.2, -0.15) is 0 Å². The number of rotatable bonds is 30. The molecule has 0 aliphatic rings. The van der Waals surface area contributed by atoms with E-state index in [1.54, 1.807) is 6.08 Å². The molecule has 0 unspecified atom stereocenters. The van der Waals surface area contributed by atoms with Crippen molar-refractivity contribution in [3.8, 4) is 17.2 Å². The Morgan fingerprint density at radius 3 is 1.49 bits per heavy atom. The lowest BCUT2D eigenvalue weighted by Crippen LogP contribution is -2.07. The first-order valence-corrected chi connectivity index (χ1v) is 20.1. The van der Waals surface area contributed by atoms with E-state index in [0.717, 1.165) is 48.5 Å². The molecule has 0 saturated carbocycles. The summed E-state index contributed by atoms with van der Waals surface area (Å²) in [5.41, 5.74) is 1.58. The number of allylic oxidation sites excluding steroid dienone is 1. The van der Waals surface area contributed by atoms with Gasteiger partial charge in [-0.25, -0.2) is 0 Å². The van der Waals surface area contributed by atoms with Crippen LogP contribution in [0.2, 0.25) is 0 Å². The van der Waals surface area contributed by atoms with Crippen molar-refractivity contribution < 1.29 is 19.0 Å². The van der Waals surface area contributed by atoms with E-state index in [4.69, 9.17) is 14.2 Å². The highest BCUT2D eigenvalue weighted by atomic mass is 32.2. The Bertz CT molecular complexity index is 1060. The minimum atomic E-state index is -0.00969. The fourth-order valence-corrected chi connectivity index (χ4v) is 6.21. The molecule has 0 aliphatic heterocycles. The van der Waals surface area contributed by atoms with Gasteiger partial charge in [-0.15, -0.1) is 11.8 Å². The number of carbonyl (C=O) groups excluding carboxylic acids is 1. The zero-order chi connectivity index (χ0) is 33.8. The molecule has 2 aromatic rings. The Hall–Kier alpha value is -2.40. The van der Waals surface area contributed by atoms with Gasteiger partial charge in [0.05, 0.1) is 19.8 Å². The predicted octanol–water partition coefficient (Wildman–Crippen LogP) is 13.3. The van der Waals surface area contributed by atoms with Crippen molar-refractivity contribution >= 4 is 23.6 Å². The van der Waals surface area contributed by atoms with Gasteiger partial charge in [0.1, 0.15) is 0 Å². The lowest BCUT2D eigenvalue weighted by atomic mass is 10.1. The van der Waals surface area contributed by atoms with Gasteiger partial charge in [-0.05, 0) is 79.5 Å². The van der Waals surface area contributed by atoms with Crippen LogP contribution in [0.15, 0.2) is 47.4 Å². The highest BCUT2D eigenvalue weighted by Crippen LogP contribution is 2.40. The van der Waals surface area contributed by atoms with Gasteiger partial charge in [0, 0.05) is 10.5 Å². The average Bonchev–Trinajstić information content (AvgIpc) is 3.09. The molecule has 264 valence electrons. The predicted molar refractivity (Wildman–Crippen MR) is 204 cm³/mol. The average molecular weight is 667 g/mol. The summed E-state index contributed by atoms with van der Waals surface area (Å²) in [6, 6.07) is 12.0. The molecule has 0 aliphatic carbocycles. The summed E-state index contributed by atoms with van der Waals surface area (Å²) in [4.78, 5) is 14.3. The molecule has 0 bridgehead atoms. The Labute approximate surface area is 292 Å². The second-order valence-electron chi connectivity index (χ2n) is 12.8. The van der Waals surface area contributed by atoms with Crippen LogP contribution < -0.4 is 14.2 Å². The number of carbonyl (C=O) groups is 1. The fourth-order valence-electron chi connectivity index (χ4n) is 5.44. The van der Waals surface area contributed by atoms with Crippen LogP contribution in [-0.4, -0.2) is 31.4 Å². The Morgan fingerprint density at radius 1 is 0.574 bits per heavy atom. The van der Waals surface area contributed by atoms with E-state index in [1.165, 1.54) is 101 Å². The van der Waals surface area contributed by atoms with Gasteiger partial charge in [0.2, 0.25) is 5.75 Å². The van der Waals surface area contributed by atoms with E-state index in [9.17, 15) is 4.79 Å². The first kappa shape index (κ1) is 40.8. The summed E-state index contributed by atoms with van der Waals surface area (Å²) in [7, 11) is 0. The number of hydrogen-bond acceptors (Lipinski definition) is 5. The molecule has 0 fully saturated rings. The van der Waals surface area contributed by atoms with Crippen molar-refractivity contribution in [2.24, 2.45) is 0 Å². The molecule has 4 nitrogen and oxygen atoms in total. The monoisotopic (exact) mass is 666 g/mol. The first-order valence-electron chi connectivity index (χ1n) is 19.1. The fraction of sp³-hybridized carbons (Fsp3) is 0.643. The minimum absolute atomic E-state index is 0.00969. The van der Waals surface area contributed by atoms with Crippen LogP contribution in [0, 0.1) is 0 Å². The van der Waals surface area contributed by atoms with E-state index >= 15 is 0 Å². The number of ketones is 1. The van der Waals surface area contributed by atoms with Crippen molar-refractivity contribution in [3.05, 3.63) is 53.6 Å². The molecule has 0 spiro atoms. The number of hydrogen-bond donors (Lipinski definition) is 0. The minimum Gasteiger partial charge on any atom is -0.490 e. The third kappa shape index (κ3) is 18.7. The van der Waals surface area contributed by atoms with Crippen molar-refractivity contribution in [1.29, 1.82) is 0 Å². The maximum Gasteiger partial charge on any atom is 0.203 e. The van der Waals surface area contributed by atoms with E-state index in [-0.39, 0.29) is 5.78 Å². The molecule has 0 atom stereocenters. The van der Waals surface area contributed by atoms with Crippen LogP contribution in [0.3, 0.4) is 0 Å². The van der Waals surface area contributed by atoms with Crippen molar-refractivity contribution in [3.63, 3.8) is 0 Å². The summed E-state index contributed by atoms with van der Waals surface area (Å²) >= 11 is 1.82. The molecular formula is C42H66O4S. The van der Waals surface area contributed by atoms with Gasteiger partial charge in [0.25, 0.3) is 0 Å². The second-order valence-corrected chi connectivity index (χ2v) is 13.9. The molecule has 0 heterocycles. The molecule has 5 heteroatoms. The topological polar surface area (TPSA) is 44.8 Å². The maximum absolute atomic E-state index is 13.1. The van der Waals surface area contributed by atoms with Crippen LogP contribution in [0.25, 0.3) is 6.08 Å². The normalized spacial score (nSPS) is 11.3. The zero-order valence-corrected chi connectivity index (χ0v) is 31.2. The number of thioether (sulfide) groups is 1. The quantitative estimate of drug-likeness (QED) is 0.0359. The molecule has 2 rings (SSSR count). The molecule has 0 saturated heterocycles. The van der Waals surface area contributed by atoms with Gasteiger partial charge < -0.3 is 14.2 Å². The highest BCUT2D eigenvalue weighted by molar-refractivity contribution is 7.99. The second kappa shape index (κ2) is 27.5. The van der Waals surface area contributed by atoms with Gasteiger partial charge in [0.15, 0.2) is 17.3 Å². The van der Waals surface area contributed by atoms with Crippen molar-refractivity contribution in [2.75, 3.05) is 25.6 Å². The molecule has 47 heavy (non-hydrogen) atoms. The van der Waals surface area contributed by atoms with Crippen LogP contribution >= 0.6 is 11.8 Å². The largest absolute Gasteiger partial charge is 0.490 e. The van der Waals surface area contributed by atoms with Crippen LogP contribution in [0.1, 0.15) is 166 Å². The smallest absolute Gasteiger partial charge is 0.203 e. The third-order valence-corrected chi connectivity index (χ3v) is 9.56. The van der Waals surface area contributed by atoms with Gasteiger partial charge in [-0.3, -0.25) is 4.79 Å². The maximum atomic E-state index is 13.1. The SMILES string of the molecule is CCCCCCCCOc1cc(/C=C/C(=O)c2ccc(SCCC)cc2)cc(OCCCCCCCC)c1OCCCCCCCC. The molecule has 2 aromatic carbocycles. The number of benzene rings is 2. The van der Waals surface area contributed by atoms with E-state index in [1.807, 2.05) is 54.2 Å². The number of ether oxygens (including phenoxy) is 3. The van der Waals surface area contributed by atoms with E-state index < -0.39 is 0 Å². The van der Waals surface area contributed by atoms with E-state index in [2.05, 4.69) is 27.7 Å². The first-order chi connectivity index (χ1) is 23.1. The molecular weight excluding hydrogens is 601 g/mol. The third-order valence-electron chi connectivity index (χ3n) is 8.34. The molecule has 0 amide bonds. The Balaban J connectivity index is 2.21. The van der Waals surface area contributed by atoms with E-state index in [0.29, 0.717) is 31.1 Å². The molecule has 0 aromatic heterocycles. The van der Waals surface area contributed by atoms with Crippen molar-refractivity contribution in [2.45, 2.75) is 155 Å². The Kier molecular flexibility index (Phi) is 23.9. The van der Waals surface area contributed by atoms with Gasteiger partial charge in [-0.1, -0.05) is 130 Å². The lowest BCUT2D eigenvalue weighted by Gasteiger charge is -2.18. The number of unbranched alkanes of at least 4 members (excludes halogenated alkanes) is 15. The summed E-state index contributed by atoms with van der Waals surface area (Å²) in [5, 5.41) is 0. The van der Waals surface area contributed by atoms with Gasteiger partial charge >= 0.3 is 0 Å². The molecule has 0 radical (unpaired) electrons. The highest BCUT2D eigenvalue weighted by Gasteiger charge is 2.16. The zero-order valence-electron chi connectivity index (χ0n) is 30.4.